The van der Waals surface area contributed by atoms with Crippen molar-refractivity contribution in [3.63, 3.8) is 0 Å². The Bertz CT molecular complexity index is 890. The van der Waals surface area contributed by atoms with E-state index in [0.29, 0.717) is 23.6 Å². The Labute approximate surface area is 189 Å². The van der Waals surface area contributed by atoms with Gasteiger partial charge < -0.3 is 19.5 Å². The lowest BCUT2D eigenvalue weighted by Crippen LogP contribution is -2.44. The van der Waals surface area contributed by atoms with Gasteiger partial charge in [-0.05, 0) is 43.2 Å². The fourth-order valence-electron chi connectivity index (χ4n) is 3.85. The van der Waals surface area contributed by atoms with Gasteiger partial charge in [-0.3, -0.25) is 14.5 Å². The summed E-state index contributed by atoms with van der Waals surface area (Å²) in [5.41, 5.74) is 2.81. The second-order valence-corrected chi connectivity index (χ2v) is 8.17. The number of nitrogens with one attached hydrogen (secondary N) is 1. The summed E-state index contributed by atoms with van der Waals surface area (Å²) < 4.78 is 16.7. The highest BCUT2D eigenvalue weighted by molar-refractivity contribution is 5.77. The lowest BCUT2D eigenvalue weighted by molar-refractivity contribution is -0.121. The first-order valence-electron chi connectivity index (χ1n) is 10.9. The van der Waals surface area contributed by atoms with Crippen molar-refractivity contribution in [1.82, 2.24) is 10.2 Å². The number of carbonyl (C=O) groups excluding carboxylic acids is 2. The van der Waals surface area contributed by atoms with Crippen LogP contribution in [0.1, 0.15) is 41.8 Å². The quantitative estimate of drug-likeness (QED) is 0.572. The molecule has 0 aromatic heterocycles. The van der Waals surface area contributed by atoms with Crippen LogP contribution in [-0.2, 0) is 22.6 Å². The average Bonchev–Trinajstić information content (AvgIpc) is 2.78. The molecule has 1 heterocycles. The maximum absolute atomic E-state index is 12.2. The molecule has 1 aliphatic rings. The molecule has 3 rings (SSSR count). The van der Waals surface area contributed by atoms with Gasteiger partial charge in [0.25, 0.3) is 0 Å². The molecule has 1 amide bonds. The van der Waals surface area contributed by atoms with E-state index in [9.17, 15) is 9.59 Å². The highest BCUT2D eigenvalue weighted by Crippen LogP contribution is 2.27. The molecule has 1 aliphatic heterocycles. The Hall–Kier alpha value is -2.90. The van der Waals surface area contributed by atoms with Gasteiger partial charge in [-0.25, -0.2) is 0 Å². The maximum Gasteiger partial charge on any atom is 0.223 e. The summed E-state index contributed by atoms with van der Waals surface area (Å²) in [7, 11) is 1.51. The molecule has 0 radical (unpaired) electrons. The highest BCUT2D eigenvalue weighted by atomic mass is 16.5. The Morgan fingerprint density at radius 2 is 1.78 bits per heavy atom. The predicted molar refractivity (Wildman–Crippen MR) is 122 cm³/mol. The van der Waals surface area contributed by atoms with Crippen LogP contribution in [-0.4, -0.2) is 56.1 Å². The summed E-state index contributed by atoms with van der Waals surface area (Å²) in [5.74, 6) is 0.885. The standard InChI is InChI=1S/C25H32N2O5/c1-18-14-27(15-19(2)32-18)16-21-6-4-20(5-7-21)13-26-25(29)10-11-31-23-9-8-22(17-28)12-24(23)30-3/h4-9,12,17-19H,10-11,13-16H2,1-3H3,(H,26,29)/t18-,19+. The zero-order chi connectivity index (χ0) is 22.9. The number of hydrogen-bond donors (Lipinski definition) is 1. The number of benzene rings is 2. The minimum atomic E-state index is -0.0890. The number of hydrogen-bond acceptors (Lipinski definition) is 6. The molecule has 0 saturated carbocycles. The lowest BCUT2D eigenvalue weighted by Gasteiger charge is -2.35. The first kappa shape index (κ1) is 23.8. The summed E-state index contributed by atoms with van der Waals surface area (Å²) >= 11 is 0. The van der Waals surface area contributed by atoms with E-state index in [-0.39, 0.29) is 31.1 Å². The van der Waals surface area contributed by atoms with E-state index < -0.39 is 0 Å². The van der Waals surface area contributed by atoms with Gasteiger partial charge in [0.2, 0.25) is 5.91 Å². The number of morpholine rings is 1. The highest BCUT2D eigenvalue weighted by Gasteiger charge is 2.21. The van der Waals surface area contributed by atoms with Crippen molar-refractivity contribution in [3.05, 3.63) is 59.2 Å². The molecule has 1 saturated heterocycles. The summed E-state index contributed by atoms with van der Waals surface area (Å²) in [6.07, 6.45) is 1.49. The number of aldehydes is 1. The molecule has 2 aromatic rings. The zero-order valence-electron chi connectivity index (χ0n) is 19.0. The van der Waals surface area contributed by atoms with Crippen LogP contribution in [0.2, 0.25) is 0 Å². The van der Waals surface area contributed by atoms with Crippen LogP contribution in [0.5, 0.6) is 11.5 Å². The van der Waals surface area contributed by atoms with Crippen molar-refractivity contribution >= 4 is 12.2 Å². The van der Waals surface area contributed by atoms with Crippen LogP contribution in [0.25, 0.3) is 0 Å². The first-order valence-corrected chi connectivity index (χ1v) is 10.9. The van der Waals surface area contributed by atoms with E-state index in [1.165, 1.54) is 12.7 Å². The monoisotopic (exact) mass is 440 g/mol. The van der Waals surface area contributed by atoms with Crippen molar-refractivity contribution in [2.45, 2.75) is 45.6 Å². The van der Waals surface area contributed by atoms with Gasteiger partial charge in [0.15, 0.2) is 11.5 Å². The molecule has 2 aromatic carbocycles. The Morgan fingerprint density at radius 3 is 2.44 bits per heavy atom. The van der Waals surface area contributed by atoms with Crippen LogP contribution in [0.3, 0.4) is 0 Å². The molecule has 0 bridgehead atoms. The van der Waals surface area contributed by atoms with Crippen LogP contribution in [0, 0.1) is 0 Å². The van der Waals surface area contributed by atoms with Gasteiger partial charge in [0, 0.05) is 31.7 Å². The van der Waals surface area contributed by atoms with Crippen molar-refractivity contribution in [2.75, 3.05) is 26.8 Å². The second kappa shape index (κ2) is 11.6. The van der Waals surface area contributed by atoms with E-state index in [1.807, 2.05) is 0 Å². The van der Waals surface area contributed by atoms with Crippen molar-refractivity contribution in [1.29, 1.82) is 0 Å². The molecule has 7 nitrogen and oxygen atoms in total. The molecule has 0 aliphatic carbocycles. The molecule has 1 fully saturated rings. The average molecular weight is 441 g/mol. The number of amides is 1. The van der Waals surface area contributed by atoms with Crippen LogP contribution in [0.15, 0.2) is 42.5 Å². The third-order valence-electron chi connectivity index (χ3n) is 5.32. The van der Waals surface area contributed by atoms with E-state index in [0.717, 1.165) is 31.5 Å². The smallest absolute Gasteiger partial charge is 0.223 e. The van der Waals surface area contributed by atoms with Crippen molar-refractivity contribution in [2.24, 2.45) is 0 Å². The normalized spacial score (nSPS) is 18.7. The number of nitrogens with zero attached hydrogens (tertiary/aromatic N) is 1. The number of rotatable bonds is 10. The van der Waals surface area contributed by atoms with E-state index in [4.69, 9.17) is 14.2 Å². The molecule has 1 N–H and O–H groups in total. The molecule has 2 atom stereocenters. The van der Waals surface area contributed by atoms with Crippen LogP contribution in [0.4, 0.5) is 0 Å². The number of methoxy groups -OCH3 is 1. The Balaban J connectivity index is 1.40. The molecule has 7 heteroatoms. The molecular formula is C25H32N2O5. The number of ether oxygens (including phenoxy) is 3. The van der Waals surface area contributed by atoms with Gasteiger partial charge >= 0.3 is 0 Å². The minimum absolute atomic E-state index is 0.0890. The topological polar surface area (TPSA) is 77.1 Å². The van der Waals surface area contributed by atoms with Gasteiger partial charge in [0.1, 0.15) is 6.29 Å². The van der Waals surface area contributed by atoms with E-state index >= 15 is 0 Å². The summed E-state index contributed by atoms with van der Waals surface area (Å²) in [4.78, 5) is 25.4. The van der Waals surface area contributed by atoms with E-state index in [1.54, 1.807) is 18.2 Å². The maximum atomic E-state index is 12.2. The molecule has 32 heavy (non-hydrogen) atoms. The van der Waals surface area contributed by atoms with Crippen molar-refractivity contribution < 1.29 is 23.8 Å². The second-order valence-electron chi connectivity index (χ2n) is 8.17. The molecule has 0 unspecified atom stereocenters. The Kier molecular flexibility index (Phi) is 8.64. The lowest BCUT2D eigenvalue weighted by atomic mass is 10.1. The van der Waals surface area contributed by atoms with E-state index in [2.05, 4.69) is 48.3 Å². The van der Waals surface area contributed by atoms with Crippen LogP contribution >= 0.6 is 0 Å². The predicted octanol–water partition coefficient (Wildman–Crippen LogP) is 3.20. The molecule has 0 spiro atoms. The SMILES string of the molecule is COc1cc(C=O)ccc1OCCC(=O)NCc1ccc(CN2C[C@@H](C)O[C@@H](C)C2)cc1. The zero-order valence-corrected chi connectivity index (χ0v) is 19.0. The Morgan fingerprint density at radius 1 is 1.09 bits per heavy atom. The first-order chi connectivity index (χ1) is 15.5. The summed E-state index contributed by atoms with van der Waals surface area (Å²) in [5, 5.41) is 2.92. The minimum Gasteiger partial charge on any atom is -0.493 e. The van der Waals surface area contributed by atoms with Crippen LogP contribution < -0.4 is 14.8 Å². The third-order valence-corrected chi connectivity index (χ3v) is 5.32. The van der Waals surface area contributed by atoms with Gasteiger partial charge in [0.05, 0.1) is 32.3 Å². The molecule has 172 valence electrons. The summed E-state index contributed by atoms with van der Waals surface area (Å²) in [6.45, 7) is 7.70. The van der Waals surface area contributed by atoms with Gasteiger partial charge in [-0.1, -0.05) is 24.3 Å². The largest absolute Gasteiger partial charge is 0.493 e. The van der Waals surface area contributed by atoms with Crippen molar-refractivity contribution in [3.8, 4) is 11.5 Å². The fraction of sp³-hybridized carbons (Fsp3) is 0.440. The summed E-state index contributed by atoms with van der Waals surface area (Å²) in [6, 6.07) is 13.3. The molecular weight excluding hydrogens is 408 g/mol. The fourth-order valence-corrected chi connectivity index (χ4v) is 3.85. The number of carbonyl (C=O) groups is 2. The third kappa shape index (κ3) is 7.07. The van der Waals surface area contributed by atoms with Gasteiger partial charge in [-0.15, -0.1) is 0 Å². The van der Waals surface area contributed by atoms with Gasteiger partial charge in [-0.2, -0.15) is 0 Å².